The Morgan fingerprint density at radius 3 is 2.57 bits per heavy atom. The van der Waals surface area contributed by atoms with Gasteiger partial charge >= 0.3 is 0 Å². The number of non-ortho nitro benzene ring substituents is 1. The highest BCUT2D eigenvalue weighted by Gasteiger charge is 2.14. The molecule has 2 aromatic rings. The van der Waals surface area contributed by atoms with Gasteiger partial charge in [0.2, 0.25) is 0 Å². The Hall–Kier alpha value is -2.89. The molecule has 2 N–H and O–H groups in total. The number of carbonyl (C=O) groups is 1. The van der Waals surface area contributed by atoms with Crippen molar-refractivity contribution in [1.29, 1.82) is 0 Å². The first-order valence-corrected chi connectivity index (χ1v) is 6.25. The molecule has 0 aliphatic heterocycles. The lowest BCUT2D eigenvalue weighted by Gasteiger charge is -2.10. The molecule has 0 unspecified atom stereocenters. The molecule has 1 amide bonds. The zero-order valence-corrected chi connectivity index (χ0v) is 11.6. The number of aromatic hydroxyl groups is 1. The Labute approximate surface area is 121 Å². The number of nitrogens with one attached hydrogen (secondary N) is 1. The lowest BCUT2D eigenvalue weighted by atomic mass is 10.0. The number of nitro groups is 1. The van der Waals surface area contributed by atoms with Crippen LogP contribution in [-0.2, 0) is 0 Å². The number of hydrogen-bond acceptors (Lipinski definition) is 4. The zero-order chi connectivity index (χ0) is 15.6. The van der Waals surface area contributed by atoms with Crippen molar-refractivity contribution in [2.75, 3.05) is 5.32 Å². The second-order valence-electron chi connectivity index (χ2n) is 4.66. The second-order valence-corrected chi connectivity index (χ2v) is 4.66. The molecule has 0 saturated heterocycles. The van der Waals surface area contributed by atoms with E-state index in [1.807, 2.05) is 19.9 Å². The van der Waals surface area contributed by atoms with Crippen molar-refractivity contribution < 1.29 is 14.8 Å². The molecule has 0 saturated carbocycles. The van der Waals surface area contributed by atoms with Crippen molar-refractivity contribution in [2.24, 2.45) is 0 Å². The zero-order valence-electron chi connectivity index (χ0n) is 11.6. The summed E-state index contributed by atoms with van der Waals surface area (Å²) in [5.41, 5.74) is 2.21. The Morgan fingerprint density at radius 2 is 1.95 bits per heavy atom. The smallest absolute Gasteiger partial charge is 0.273 e. The maximum absolute atomic E-state index is 12.2. The maximum atomic E-state index is 12.2. The molecule has 0 heterocycles. The number of nitrogens with zero attached hydrogens (tertiary/aromatic N) is 1. The van der Waals surface area contributed by atoms with Gasteiger partial charge in [-0.3, -0.25) is 14.9 Å². The minimum Gasteiger partial charge on any atom is -0.506 e. The number of anilines is 1. The maximum Gasteiger partial charge on any atom is 0.273 e. The SMILES string of the molecule is Cc1cccc(C(=O)Nc2ccc([N+](=O)[O-])cc2O)c1C. The van der Waals surface area contributed by atoms with Gasteiger partial charge in [-0.25, -0.2) is 0 Å². The third-order valence-corrected chi connectivity index (χ3v) is 3.29. The average Bonchev–Trinajstić information content (AvgIpc) is 2.43. The number of hydrogen-bond donors (Lipinski definition) is 2. The summed E-state index contributed by atoms with van der Waals surface area (Å²) in [6.45, 7) is 3.73. The van der Waals surface area contributed by atoms with Crippen LogP contribution in [0.1, 0.15) is 21.5 Å². The summed E-state index contributed by atoms with van der Waals surface area (Å²) in [6, 6.07) is 8.87. The summed E-state index contributed by atoms with van der Waals surface area (Å²) in [4.78, 5) is 22.2. The molecular formula is C15H14N2O4. The van der Waals surface area contributed by atoms with E-state index < -0.39 is 4.92 Å². The van der Waals surface area contributed by atoms with E-state index in [0.29, 0.717) is 5.56 Å². The van der Waals surface area contributed by atoms with Gasteiger partial charge < -0.3 is 10.4 Å². The van der Waals surface area contributed by atoms with Crippen LogP contribution in [0, 0.1) is 24.0 Å². The van der Waals surface area contributed by atoms with E-state index in [2.05, 4.69) is 5.32 Å². The van der Waals surface area contributed by atoms with Crippen molar-refractivity contribution in [2.45, 2.75) is 13.8 Å². The summed E-state index contributed by atoms with van der Waals surface area (Å²) in [5, 5.41) is 22.9. The van der Waals surface area contributed by atoms with Gasteiger partial charge in [-0.05, 0) is 37.1 Å². The first-order valence-electron chi connectivity index (χ1n) is 6.25. The third-order valence-electron chi connectivity index (χ3n) is 3.29. The van der Waals surface area contributed by atoms with E-state index in [4.69, 9.17) is 0 Å². The molecule has 2 rings (SSSR count). The molecule has 0 fully saturated rings. The molecule has 2 aromatic carbocycles. The number of phenolic OH excluding ortho intramolecular Hbond substituents is 1. The summed E-state index contributed by atoms with van der Waals surface area (Å²) >= 11 is 0. The fourth-order valence-corrected chi connectivity index (χ4v) is 1.93. The molecule has 108 valence electrons. The first-order chi connectivity index (χ1) is 9.90. The lowest BCUT2D eigenvalue weighted by Crippen LogP contribution is -2.14. The number of aryl methyl sites for hydroxylation is 1. The van der Waals surface area contributed by atoms with Gasteiger partial charge in [-0.1, -0.05) is 12.1 Å². The van der Waals surface area contributed by atoms with Gasteiger partial charge in [0.25, 0.3) is 11.6 Å². The van der Waals surface area contributed by atoms with Gasteiger partial charge in [0.15, 0.2) is 0 Å². The average molecular weight is 286 g/mol. The monoisotopic (exact) mass is 286 g/mol. The standard InChI is InChI=1S/C15H14N2O4/c1-9-4-3-5-12(10(9)2)15(19)16-13-7-6-11(17(20)21)8-14(13)18/h3-8,18H,1-2H3,(H,16,19). The van der Waals surface area contributed by atoms with Crippen molar-refractivity contribution in [3.05, 3.63) is 63.2 Å². The summed E-state index contributed by atoms with van der Waals surface area (Å²) in [7, 11) is 0. The molecule has 0 spiro atoms. The summed E-state index contributed by atoms with van der Waals surface area (Å²) in [5.74, 6) is -0.719. The minimum absolute atomic E-state index is 0.131. The number of rotatable bonds is 3. The molecule has 0 aromatic heterocycles. The molecule has 0 atom stereocenters. The Morgan fingerprint density at radius 1 is 1.24 bits per heavy atom. The van der Waals surface area contributed by atoms with Crippen LogP contribution in [-0.4, -0.2) is 15.9 Å². The minimum atomic E-state index is -0.615. The van der Waals surface area contributed by atoms with Crippen LogP contribution in [0.4, 0.5) is 11.4 Å². The van der Waals surface area contributed by atoms with Gasteiger partial charge in [0, 0.05) is 11.6 Å². The topological polar surface area (TPSA) is 92.5 Å². The van der Waals surface area contributed by atoms with Crippen LogP contribution in [0.3, 0.4) is 0 Å². The van der Waals surface area contributed by atoms with Crippen LogP contribution in [0.25, 0.3) is 0 Å². The van der Waals surface area contributed by atoms with Crippen LogP contribution in [0.15, 0.2) is 36.4 Å². The largest absolute Gasteiger partial charge is 0.506 e. The normalized spacial score (nSPS) is 10.2. The molecule has 0 radical (unpaired) electrons. The quantitative estimate of drug-likeness (QED) is 0.515. The van der Waals surface area contributed by atoms with Crippen molar-refractivity contribution in [1.82, 2.24) is 0 Å². The van der Waals surface area contributed by atoms with Gasteiger partial charge in [0.1, 0.15) is 5.75 Å². The number of carbonyl (C=O) groups excluding carboxylic acids is 1. The summed E-state index contributed by atoms with van der Waals surface area (Å²) < 4.78 is 0. The summed E-state index contributed by atoms with van der Waals surface area (Å²) in [6.07, 6.45) is 0. The molecule has 21 heavy (non-hydrogen) atoms. The van der Waals surface area contributed by atoms with Gasteiger partial charge in [-0.2, -0.15) is 0 Å². The van der Waals surface area contributed by atoms with E-state index in [0.717, 1.165) is 17.2 Å². The lowest BCUT2D eigenvalue weighted by molar-refractivity contribution is -0.384. The van der Waals surface area contributed by atoms with Crippen LogP contribution >= 0.6 is 0 Å². The van der Waals surface area contributed by atoms with Gasteiger partial charge in [0.05, 0.1) is 16.7 Å². The Bertz CT molecular complexity index is 726. The molecule has 6 nitrogen and oxygen atoms in total. The first kappa shape index (κ1) is 14.5. The fraction of sp³-hybridized carbons (Fsp3) is 0.133. The molecule has 0 bridgehead atoms. The second kappa shape index (κ2) is 5.62. The van der Waals surface area contributed by atoms with Crippen molar-refractivity contribution in [3.8, 4) is 5.75 Å². The van der Waals surface area contributed by atoms with E-state index in [1.54, 1.807) is 12.1 Å². The van der Waals surface area contributed by atoms with Crippen LogP contribution < -0.4 is 5.32 Å². The Kier molecular flexibility index (Phi) is 3.89. The van der Waals surface area contributed by atoms with E-state index in [-0.39, 0.29) is 23.0 Å². The van der Waals surface area contributed by atoms with Gasteiger partial charge in [-0.15, -0.1) is 0 Å². The molecule has 0 aliphatic rings. The number of amides is 1. The van der Waals surface area contributed by atoms with E-state index in [9.17, 15) is 20.0 Å². The van der Waals surface area contributed by atoms with E-state index >= 15 is 0 Å². The highest BCUT2D eigenvalue weighted by atomic mass is 16.6. The predicted octanol–water partition coefficient (Wildman–Crippen LogP) is 3.17. The molecular weight excluding hydrogens is 272 g/mol. The highest BCUT2D eigenvalue weighted by Crippen LogP contribution is 2.28. The van der Waals surface area contributed by atoms with E-state index in [1.165, 1.54) is 12.1 Å². The number of phenols is 1. The Balaban J connectivity index is 2.28. The molecule has 0 aliphatic carbocycles. The third kappa shape index (κ3) is 3.00. The van der Waals surface area contributed by atoms with Crippen molar-refractivity contribution in [3.63, 3.8) is 0 Å². The van der Waals surface area contributed by atoms with Crippen LogP contribution in [0.5, 0.6) is 5.75 Å². The highest BCUT2D eigenvalue weighted by molar-refractivity contribution is 6.06. The fourth-order valence-electron chi connectivity index (χ4n) is 1.93. The van der Waals surface area contributed by atoms with Crippen LogP contribution in [0.2, 0.25) is 0 Å². The van der Waals surface area contributed by atoms with Crippen molar-refractivity contribution >= 4 is 17.3 Å². The predicted molar refractivity (Wildman–Crippen MR) is 78.6 cm³/mol. The number of nitro benzene ring substituents is 1. The number of benzene rings is 2. The molecule has 6 heteroatoms.